The largest absolute Gasteiger partial charge is 0.490 e. The Morgan fingerprint density at radius 1 is 0.758 bits per heavy atom. The molecule has 0 heterocycles. The molecule has 0 N–H and O–H groups in total. The Hall–Kier alpha value is -2.16. The summed E-state index contributed by atoms with van der Waals surface area (Å²) in [5.41, 5.74) is 5.22. The first kappa shape index (κ1) is 24.0. The van der Waals surface area contributed by atoms with E-state index in [1.165, 1.54) is 48.1 Å². The lowest BCUT2D eigenvalue weighted by atomic mass is 9.85. The molecule has 2 aromatic carbocycles. The van der Waals surface area contributed by atoms with Crippen molar-refractivity contribution in [1.82, 2.24) is 0 Å². The predicted molar refractivity (Wildman–Crippen MR) is 139 cm³/mol. The van der Waals surface area contributed by atoms with Gasteiger partial charge in [-0.05, 0) is 71.8 Å². The van der Waals surface area contributed by atoms with Crippen molar-refractivity contribution in [2.45, 2.75) is 103 Å². The van der Waals surface area contributed by atoms with Crippen LogP contribution in [0.5, 0.6) is 11.5 Å². The second kappa shape index (κ2) is 8.89. The summed E-state index contributed by atoms with van der Waals surface area (Å²) < 4.78 is 13.2. The Labute approximate surface area is 201 Å². The van der Waals surface area contributed by atoms with Crippen molar-refractivity contribution in [3.05, 3.63) is 53.1 Å². The summed E-state index contributed by atoms with van der Waals surface area (Å²) in [6.45, 7) is 13.6. The fourth-order valence-corrected chi connectivity index (χ4v) is 4.99. The summed E-state index contributed by atoms with van der Waals surface area (Å²) in [4.78, 5) is 2.14. The molecule has 2 fully saturated rings. The normalized spacial score (nSPS) is 21.2. The van der Waals surface area contributed by atoms with Gasteiger partial charge in [-0.25, -0.2) is 0 Å². The molecular formula is C30H43NO2. The minimum absolute atomic E-state index is 0.0429. The molecule has 2 unspecified atom stereocenters. The third-order valence-corrected chi connectivity index (χ3v) is 7.14. The quantitative estimate of drug-likeness (QED) is 0.453. The van der Waals surface area contributed by atoms with Crippen molar-refractivity contribution in [2.75, 3.05) is 19.0 Å². The number of hydrogen-bond acceptors (Lipinski definition) is 3. The van der Waals surface area contributed by atoms with Crippen molar-refractivity contribution < 1.29 is 9.47 Å². The number of anilines is 1. The lowest BCUT2D eigenvalue weighted by Gasteiger charge is -2.26. The third kappa shape index (κ3) is 5.50. The van der Waals surface area contributed by atoms with Crippen molar-refractivity contribution in [2.24, 2.45) is 0 Å². The van der Waals surface area contributed by atoms with E-state index in [-0.39, 0.29) is 16.9 Å². The molecule has 0 spiro atoms. The van der Waals surface area contributed by atoms with Crippen molar-refractivity contribution in [3.8, 4) is 11.5 Å². The molecular weight excluding hydrogens is 406 g/mol. The van der Waals surface area contributed by atoms with Crippen LogP contribution in [-0.4, -0.2) is 26.3 Å². The molecule has 2 saturated carbocycles. The minimum atomic E-state index is 0.0429. The molecule has 0 bridgehead atoms. The van der Waals surface area contributed by atoms with E-state index in [1.807, 2.05) is 0 Å². The predicted octanol–water partition coefficient (Wildman–Crippen LogP) is 7.60. The van der Waals surface area contributed by atoms with Crippen molar-refractivity contribution in [3.63, 3.8) is 0 Å². The van der Waals surface area contributed by atoms with Gasteiger partial charge >= 0.3 is 0 Å². The molecule has 2 aliphatic carbocycles. The molecule has 180 valence electrons. The number of nitrogens with zero attached hydrogens (tertiary/aromatic N) is 1. The van der Waals surface area contributed by atoms with Gasteiger partial charge in [0.1, 0.15) is 17.6 Å². The van der Waals surface area contributed by atoms with Gasteiger partial charge in [-0.1, -0.05) is 59.7 Å². The summed E-state index contributed by atoms with van der Waals surface area (Å²) in [5, 5.41) is 0. The maximum atomic E-state index is 6.64. The zero-order valence-corrected chi connectivity index (χ0v) is 22.0. The van der Waals surface area contributed by atoms with Crippen LogP contribution in [-0.2, 0) is 10.8 Å². The average molecular weight is 450 g/mol. The Bertz CT molecular complexity index is 974. The van der Waals surface area contributed by atoms with Crippen LogP contribution in [0.2, 0.25) is 0 Å². The lowest BCUT2D eigenvalue weighted by Crippen LogP contribution is -2.18. The number of benzene rings is 2. The van der Waals surface area contributed by atoms with Crippen LogP contribution < -0.4 is 14.4 Å². The van der Waals surface area contributed by atoms with E-state index in [4.69, 9.17) is 9.47 Å². The summed E-state index contributed by atoms with van der Waals surface area (Å²) in [7, 11) is 4.16. The smallest absolute Gasteiger partial charge is 0.125 e. The van der Waals surface area contributed by atoms with E-state index >= 15 is 0 Å². The van der Waals surface area contributed by atoms with E-state index in [9.17, 15) is 0 Å². The SMILES string of the molecule is CN(C)c1ccc(C(C)(C)C)c(OC2CC2c2ccc(C(C)(C)C)c(OC3CCCC3)c2)c1. The number of ether oxygens (including phenoxy) is 2. The topological polar surface area (TPSA) is 21.7 Å². The van der Waals surface area contributed by atoms with Gasteiger partial charge in [-0.3, -0.25) is 0 Å². The molecule has 0 saturated heterocycles. The van der Waals surface area contributed by atoms with Crippen LogP contribution >= 0.6 is 0 Å². The highest BCUT2D eigenvalue weighted by atomic mass is 16.5. The monoisotopic (exact) mass is 449 g/mol. The van der Waals surface area contributed by atoms with E-state index < -0.39 is 0 Å². The van der Waals surface area contributed by atoms with Crippen LogP contribution in [0.1, 0.15) is 96.3 Å². The fraction of sp³-hybridized carbons (Fsp3) is 0.600. The second-order valence-corrected chi connectivity index (χ2v) is 12.4. The average Bonchev–Trinajstić information content (AvgIpc) is 3.28. The van der Waals surface area contributed by atoms with E-state index in [0.717, 1.165) is 17.9 Å². The molecule has 4 rings (SSSR count). The molecule has 0 aliphatic heterocycles. The highest BCUT2D eigenvalue weighted by Crippen LogP contribution is 2.48. The molecule has 0 radical (unpaired) electrons. The van der Waals surface area contributed by atoms with Gasteiger partial charge in [0.15, 0.2) is 0 Å². The van der Waals surface area contributed by atoms with Crippen LogP contribution in [0.4, 0.5) is 5.69 Å². The molecule has 2 aromatic rings. The van der Waals surface area contributed by atoms with Gasteiger partial charge in [-0.15, -0.1) is 0 Å². The maximum absolute atomic E-state index is 6.64. The highest BCUT2D eigenvalue weighted by molar-refractivity contribution is 5.55. The Balaban J connectivity index is 1.56. The van der Waals surface area contributed by atoms with Crippen molar-refractivity contribution >= 4 is 5.69 Å². The number of rotatable bonds is 6. The maximum Gasteiger partial charge on any atom is 0.125 e. The van der Waals surface area contributed by atoms with Gasteiger partial charge in [0, 0.05) is 31.8 Å². The fourth-order valence-electron chi connectivity index (χ4n) is 4.99. The highest BCUT2D eigenvalue weighted by Gasteiger charge is 2.42. The van der Waals surface area contributed by atoms with E-state index in [0.29, 0.717) is 12.0 Å². The summed E-state index contributed by atoms with van der Waals surface area (Å²) in [6.07, 6.45) is 6.60. The molecule has 3 nitrogen and oxygen atoms in total. The lowest BCUT2D eigenvalue weighted by molar-refractivity contribution is 0.205. The standard InChI is InChI=1S/C30H43NO2/c1-29(2,3)24-15-13-20(17-27(24)32-22-11-9-10-12-22)23-19-26(23)33-28-18-21(31(7)8)14-16-25(28)30(4,5)6/h13-18,22-23,26H,9-12,19H2,1-8H3. The van der Waals surface area contributed by atoms with Gasteiger partial charge < -0.3 is 14.4 Å². The minimum Gasteiger partial charge on any atom is -0.490 e. The first-order chi connectivity index (χ1) is 15.4. The first-order valence-corrected chi connectivity index (χ1v) is 12.7. The Morgan fingerprint density at radius 2 is 1.33 bits per heavy atom. The molecule has 2 atom stereocenters. The van der Waals surface area contributed by atoms with Gasteiger partial charge in [0.2, 0.25) is 0 Å². The molecule has 0 aromatic heterocycles. The van der Waals surface area contributed by atoms with Gasteiger partial charge in [0.25, 0.3) is 0 Å². The Morgan fingerprint density at radius 3 is 1.91 bits per heavy atom. The zero-order chi connectivity index (χ0) is 24.0. The zero-order valence-electron chi connectivity index (χ0n) is 22.0. The van der Waals surface area contributed by atoms with Crippen LogP contribution in [0, 0.1) is 0 Å². The van der Waals surface area contributed by atoms with E-state index in [1.54, 1.807) is 0 Å². The summed E-state index contributed by atoms with van der Waals surface area (Å²) in [6, 6.07) is 13.5. The third-order valence-electron chi connectivity index (χ3n) is 7.14. The van der Waals surface area contributed by atoms with Crippen LogP contribution in [0.15, 0.2) is 36.4 Å². The number of hydrogen-bond donors (Lipinski definition) is 0. The van der Waals surface area contributed by atoms with Crippen molar-refractivity contribution in [1.29, 1.82) is 0 Å². The van der Waals surface area contributed by atoms with Gasteiger partial charge in [0.05, 0.1) is 6.10 Å². The van der Waals surface area contributed by atoms with Crippen LogP contribution in [0.25, 0.3) is 0 Å². The molecule has 2 aliphatic rings. The summed E-state index contributed by atoms with van der Waals surface area (Å²) in [5.74, 6) is 2.54. The molecule has 3 heteroatoms. The molecule has 0 amide bonds. The Kier molecular flexibility index (Phi) is 6.46. The molecule has 33 heavy (non-hydrogen) atoms. The van der Waals surface area contributed by atoms with E-state index in [2.05, 4.69) is 96.9 Å². The summed E-state index contributed by atoms with van der Waals surface area (Å²) >= 11 is 0. The second-order valence-electron chi connectivity index (χ2n) is 12.4. The van der Waals surface area contributed by atoms with Gasteiger partial charge in [-0.2, -0.15) is 0 Å². The first-order valence-electron chi connectivity index (χ1n) is 12.7. The van der Waals surface area contributed by atoms with Crippen LogP contribution in [0.3, 0.4) is 0 Å².